The minimum absolute atomic E-state index is 0.305. The van der Waals surface area contributed by atoms with Gasteiger partial charge in [0.25, 0.3) is 11.7 Å². The minimum Gasteiger partial charge on any atom is -0.318 e. The number of carbonyl (C=O) groups is 1. The van der Waals surface area contributed by atoms with E-state index in [1.54, 1.807) is 41.2 Å². The van der Waals surface area contributed by atoms with Crippen molar-refractivity contribution in [2.24, 2.45) is 0 Å². The SMILES string of the molecule is O=C(Nc1cccc2cnccc12)c1[nH]c(-c2ccccc2F)[n+]2ccccc12. The van der Waals surface area contributed by atoms with Crippen LogP contribution in [0, 0.1) is 5.82 Å². The lowest BCUT2D eigenvalue weighted by molar-refractivity contribution is -0.498. The Balaban J connectivity index is 1.62. The van der Waals surface area contributed by atoms with E-state index < -0.39 is 0 Å². The van der Waals surface area contributed by atoms with Gasteiger partial charge in [-0.25, -0.2) is 9.37 Å². The molecule has 29 heavy (non-hydrogen) atoms. The van der Waals surface area contributed by atoms with Crippen LogP contribution >= 0.6 is 0 Å². The van der Waals surface area contributed by atoms with Gasteiger partial charge in [0.15, 0.2) is 5.52 Å². The van der Waals surface area contributed by atoms with Crippen LogP contribution in [0.15, 0.2) is 85.3 Å². The predicted molar refractivity (Wildman–Crippen MR) is 109 cm³/mol. The molecule has 5 nitrogen and oxygen atoms in total. The van der Waals surface area contributed by atoms with E-state index in [-0.39, 0.29) is 11.7 Å². The Kier molecular flexibility index (Phi) is 4.02. The van der Waals surface area contributed by atoms with Gasteiger partial charge in [-0.3, -0.25) is 9.78 Å². The normalized spacial score (nSPS) is 11.1. The van der Waals surface area contributed by atoms with Crippen LogP contribution in [0.2, 0.25) is 0 Å². The highest BCUT2D eigenvalue weighted by Gasteiger charge is 2.26. The van der Waals surface area contributed by atoms with E-state index in [0.29, 0.717) is 28.3 Å². The maximum Gasteiger partial charge on any atom is 0.300 e. The predicted octanol–water partition coefficient (Wildman–Crippen LogP) is 4.36. The quantitative estimate of drug-likeness (QED) is 0.455. The van der Waals surface area contributed by atoms with Crippen molar-refractivity contribution in [2.75, 3.05) is 5.32 Å². The number of aromatic amines is 1. The molecule has 3 heterocycles. The van der Waals surface area contributed by atoms with E-state index in [0.717, 1.165) is 10.8 Å². The number of carbonyl (C=O) groups excluding carboxylic acids is 1. The molecule has 6 heteroatoms. The maximum absolute atomic E-state index is 14.4. The summed E-state index contributed by atoms with van der Waals surface area (Å²) in [6, 6.07) is 19.5. The van der Waals surface area contributed by atoms with Gasteiger partial charge in [-0.15, -0.1) is 0 Å². The number of nitrogens with one attached hydrogen (secondary N) is 2. The van der Waals surface area contributed by atoms with Gasteiger partial charge in [0.2, 0.25) is 5.69 Å². The number of halogens is 1. The molecule has 0 radical (unpaired) electrons. The highest BCUT2D eigenvalue weighted by Crippen LogP contribution is 2.24. The molecular formula is C23H16FN4O+. The van der Waals surface area contributed by atoms with Crippen LogP contribution in [0.5, 0.6) is 0 Å². The van der Waals surface area contributed by atoms with Crippen molar-refractivity contribution in [1.82, 2.24) is 9.97 Å². The maximum atomic E-state index is 14.4. The fourth-order valence-corrected chi connectivity index (χ4v) is 3.52. The first-order valence-corrected chi connectivity index (χ1v) is 9.14. The fourth-order valence-electron chi connectivity index (χ4n) is 3.52. The molecule has 0 aliphatic rings. The number of aromatic nitrogens is 3. The van der Waals surface area contributed by atoms with E-state index in [1.807, 2.05) is 42.5 Å². The van der Waals surface area contributed by atoms with Crippen LogP contribution in [-0.4, -0.2) is 15.9 Å². The number of H-pyrrole nitrogens is 1. The Morgan fingerprint density at radius 1 is 1.00 bits per heavy atom. The Labute approximate surface area is 165 Å². The van der Waals surface area contributed by atoms with Crippen LogP contribution in [0.3, 0.4) is 0 Å². The Bertz CT molecular complexity index is 1370. The molecule has 0 aliphatic heterocycles. The molecule has 1 amide bonds. The lowest BCUT2D eigenvalue weighted by Gasteiger charge is -2.06. The highest BCUT2D eigenvalue weighted by atomic mass is 19.1. The molecule has 0 unspecified atom stereocenters. The van der Waals surface area contributed by atoms with Crippen LogP contribution in [-0.2, 0) is 0 Å². The van der Waals surface area contributed by atoms with E-state index in [9.17, 15) is 9.18 Å². The van der Waals surface area contributed by atoms with E-state index in [2.05, 4.69) is 15.3 Å². The first-order valence-electron chi connectivity index (χ1n) is 9.14. The molecule has 140 valence electrons. The van der Waals surface area contributed by atoms with Gasteiger partial charge in [-0.05, 0) is 36.4 Å². The number of amides is 1. The second-order valence-electron chi connectivity index (χ2n) is 6.64. The lowest BCUT2D eigenvalue weighted by atomic mass is 10.1. The minimum atomic E-state index is -0.361. The van der Waals surface area contributed by atoms with Crippen LogP contribution in [0.1, 0.15) is 10.5 Å². The molecule has 0 bridgehead atoms. The zero-order valence-corrected chi connectivity index (χ0v) is 15.3. The molecule has 5 aromatic rings. The Hall–Kier alpha value is -4.06. The zero-order valence-electron chi connectivity index (χ0n) is 15.3. The number of benzene rings is 2. The number of fused-ring (bicyclic) bond motifs is 2. The number of pyridine rings is 2. The summed E-state index contributed by atoms with van der Waals surface area (Å²) in [5.41, 5.74) is 2.09. The average Bonchev–Trinajstić information content (AvgIpc) is 3.14. The molecule has 0 fully saturated rings. The summed E-state index contributed by atoms with van der Waals surface area (Å²) in [4.78, 5) is 20.4. The van der Waals surface area contributed by atoms with Crippen molar-refractivity contribution in [3.05, 3.63) is 96.8 Å². The summed E-state index contributed by atoms with van der Waals surface area (Å²) in [6.45, 7) is 0. The summed E-state index contributed by atoms with van der Waals surface area (Å²) in [5.74, 6) is -0.160. The number of nitrogens with zero attached hydrogens (tertiary/aromatic N) is 2. The Morgan fingerprint density at radius 2 is 1.86 bits per heavy atom. The molecule has 0 atom stereocenters. The van der Waals surface area contributed by atoms with E-state index >= 15 is 0 Å². The van der Waals surface area contributed by atoms with Crippen molar-refractivity contribution < 1.29 is 13.6 Å². The molecule has 0 saturated carbocycles. The van der Waals surface area contributed by atoms with Crippen molar-refractivity contribution in [3.8, 4) is 11.4 Å². The van der Waals surface area contributed by atoms with Crippen LogP contribution in [0.25, 0.3) is 27.7 Å². The molecule has 3 aromatic heterocycles. The summed E-state index contributed by atoms with van der Waals surface area (Å²) >= 11 is 0. The molecular weight excluding hydrogens is 367 g/mol. The highest BCUT2D eigenvalue weighted by molar-refractivity contribution is 6.11. The largest absolute Gasteiger partial charge is 0.318 e. The number of hydrogen-bond donors (Lipinski definition) is 2. The summed E-state index contributed by atoms with van der Waals surface area (Å²) in [7, 11) is 0. The van der Waals surface area contributed by atoms with Crippen molar-refractivity contribution >= 4 is 27.9 Å². The summed E-state index contributed by atoms with van der Waals surface area (Å²) in [5, 5.41) is 4.80. The van der Waals surface area contributed by atoms with Gasteiger partial charge in [-0.2, -0.15) is 4.40 Å². The molecule has 0 aliphatic carbocycles. The second kappa shape index (κ2) is 6.83. The Morgan fingerprint density at radius 3 is 2.76 bits per heavy atom. The van der Waals surface area contributed by atoms with Gasteiger partial charge in [0, 0.05) is 28.9 Å². The van der Waals surface area contributed by atoms with Crippen LogP contribution < -0.4 is 9.72 Å². The first kappa shape index (κ1) is 17.1. The second-order valence-corrected chi connectivity index (χ2v) is 6.64. The van der Waals surface area contributed by atoms with Gasteiger partial charge >= 0.3 is 0 Å². The first-order chi connectivity index (χ1) is 14.2. The smallest absolute Gasteiger partial charge is 0.300 e. The zero-order chi connectivity index (χ0) is 19.8. The van der Waals surface area contributed by atoms with Gasteiger partial charge in [0.05, 0.1) is 6.20 Å². The number of hydrogen-bond acceptors (Lipinski definition) is 2. The molecule has 0 saturated heterocycles. The third-order valence-corrected chi connectivity index (χ3v) is 4.89. The number of anilines is 1. The summed E-state index contributed by atoms with van der Waals surface area (Å²) in [6.07, 6.45) is 5.24. The number of rotatable bonds is 3. The standard InChI is InChI=1S/C23H15FN4O/c24-18-8-2-1-7-17(18)22-27-21(20-10-3-4-13-28(20)22)23(29)26-19-9-5-6-15-14-25-12-11-16(15)19/h1-14H,(H,26,29)/p+1. The third-order valence-electron chi connectivity index (χ3n) is 4.89. The number of imidazole rings is 1. The molecule has 0 spiro atoms. The average molecular weight is 383 g/mol. The lowest BCUT2D eigenvalue weighted by Crippen LogP contribution is -2.22. The van der Waals surface area contributed by atoms with E-state index in [4.69, 9.17) is 0 Å². The van der Waals surface area contributed by atoms with Crippen molar-refractivity contribution in [3.63, 3.8) is 0 Å². The molecule has 2 aromatic carbocycles. The fraction of sp³-hybridized carbons (Fsp3) is 0. The van der Waals surface area contributed by atoms with Gasteiger partial charge in [0.1, 0.15) is 11.4 Å². The molecule has 5 rings (SSSR count). The summed E-state index contributed by atoms with van der Waals surface area (Å²) < 4.78 is 16.2. The van der Waals surface area contributed by atoms with Gasteiger partial charge in [-0.1, -0.05) is 30.3 Å². The van der Waals surface area contributed by atoms with E-state index in [1.165, 1.54) is 6.07 Å². The monoisotopic (exact) mass is 383 g/mol. The molecule has 2 N–H and O–H groups in total. The topological polar surface area (TPSA) is 61.9 Å². The third kappa shape index (κ3) is 2.91. The van der Waals surface area contributed by atoms with Crippen molar-refractivity contribution in [2.45, 2.75) is 0 Å². The van der Waals surface area contributed by atoms with Crippen molar-refractivity contribution in [1.29, 1.82) is 0 Å². The van der Waals surface area contributed by atoms with Crippen LogP contribution in [0.4, 0.5) is 10.1 Å². The van der Waals surface area contributed by atoms with Gasteiger partial charge < -0.3 is 5.32 Å².